The van der Waals surface area contributed by atoms with Gasteiger partial charge in [-0.3, -0.25) is 0 Å². The fraction of sp³-hybridized carbons (Fsp3) is 0.500. The Morgan fingerprint density at radius 3 is 2.23 bits per heavy atom. The first-order valence-electron chi connectivity index (χ1n) is 5.11. The van der Waals surface area contributed by atoms with Crippen LogP contribution in [-0.2, 0) is 12.8 Å². The summed E-state index contributed by atoms with van der Waals surface area (Å²) < 4.78 is 0. The highest BCUT2D eigenvalue weighted by atomic mass is 15.1. The van der Waals surface area contributed by atoms with Crippen LogP contribution < -0.4 is 4.90 Å². The molecule has 0 heterocycles. The second-order valence-electron chi connectivity index (χ2n) is 3.70. The molecule has 0 bridgehead atoms. The Bertz CT molecular complexity index is 276. The summed E-state index contributed by atoms with van der Waals surface area (Å²) in [6.07, 6.45) is 2.27. The van der Waals surface area contributed by atoms with Crippen molar-refractivity contribution in [1.29, 1.82) is 0 Å². The van der Waals surface area contributed by atoms with E-state index >= 15 is 0 Å². The maximum absolute atomic E-state index is 2.34. The third-order valence-corrected chi connectivity index (χ3v) is 2.50. The molecule has 0 fully saturated rings. The molecule has 1 aromatic carbocycles. The summed E-state index contributed by atoms with van der Waals surface area (Å²) in [6.45, 7) is 4.43. The van der Waals surface area contributed by atoms with Gasteiger partial charge in [0.15, 0.2) is 0 Å². The maximum atomic E-state index is 2.34. The molecule has 1 aromatic rings. The van der Waals surface area contributed by atoms with Crippen LogP contribution >= 0.6 is 0 Å². The van der Waals surface area contributed by atoms with Gasteiger partial charge in [-0.1, -0.05) is 19.9 Å². The zero-order valence-corrected chi connectivity index (χ0v) is 9.15. The molecule has 0 saturated carbocycles. The highest BCUT2D eigenvalue weighted by molar-refractivity contribution is 5.42. The lowest BCUT2D eigenvalue weighted by atomic mass is 10.0. The van der Waals surface area contributed by atoms with E-state index in [4.69, 9.17) is 0 Å². The second kappa shape index (κ2) is 4.43. The van der Waals surface area contributed by atoms with E-state index in [2.05, 4.69) is 46.1 Å². The number of benzene rings is 1. The average Bonchev–Trinajstić information content (AvgIpc) is 2.16. The molecule has 0 amide bonds. The minimum Gasteiger partial charge on any atom is -0.307 e. The SMILES string of the molecule is CCc1ccc([NH+](C)C)c(CC)c1. The van der Waals surface area contributed by atoms with E-state index in [1.54, 1.807) is 0 Å². The topological polar surface area (TPSA) is 4.44 Å². The molecular weight excluding hydrogens is 158 g/mol. The minimum atomic E-state index is 1.13. The van der Waals surface area contributed by atoms with Gasteiger partial charge in [-0.05, 0) is 30.5 Å². The van der Waals surface area contributed by atoms with Crippen LogP contribution in [-0.4, -0.2) is 14.1 Å². The smallest absolute Gasteiger partial charge is 0.133 e. The summed E-state index contributed by atoms with van der Waals surface area (Å²) in [6, 6.07) is 6.83. The number of rotatable bonds is 3. The van der Waals surface area contributed by atoms with Gasteiger partial charge in [-0.2, -0.15) is 0 Å². The third kappa shape index (κ3) is 2.31. The van der Waals surface area contributed by atoms with Crippen LogP contribution in [0, 0.1) is 0 Å². The second-order valence-corrected chi connectivity index (χ2v) is 3.70. The summed E-state index contributed by atoms with van der Waals surface area (Å²) in [4.78, 5) is 1.42. The Morgan fingerprint density at radius 2 is 1.77 bits per heavy atom. The highest BCUT2D eigenvalue weighted by Crippen LogP contribution is 2.14. The summed E-state index contributed by atoms with van der Waals surface area (Å²) in [5.74, 6) is 0. The van der Waals surface area contributed by atoms with Crippen LogP contribution in [0.15, 0.2) is 18.2 Å². The Labute approximate surface area is 81.4 Å². The molecule has 72 valence electrons. The van der Waals surface area contributed by atoms with E-state index in [0.29, 0.717) is 0 Å². The molecule has 0 aliphatic carbocycles. The van der Waals surface area contributed by atoms with Gasteiger partial charge >= 0.3 is 0 Å². The largest absolute Gasteiger partial charge is 0.307 e. The van der Waals surface area contributed by atoms with Gasteiger partial charge in [-0.25, -0.2) is 0 Å². The van der Waals surface area contributed by atoms with Crippen LogP contribution in [0.2, 0.25) is 0 Å². The van der Waals surface area contributed by atoms with Crippen molar-refractivity contribution in [3.05, 3.63) is 29.3 Å². The van der Waals surface area contributed by atoms with E-state index in [9.17, 15) is 0 Å². The summed E-state index contributed by atoms with van der Waals surface area (Å²) in [5.41, 5.74) is 4.36. The molecule has 1 N–H and O–H groups in total. The quantitative estimate of drug-likeness (QED) is 0.717. The van der Waals surface area contributed by atoms with Crippen molar-refractivity contribution in [2.75, 3.05) is 14.1 Å². The highest BCUT2D eigenvalue weighted by Gasteiger charge is 2.07. The lowest BCUT2D eigenvalue weighted by Gasteiger charge is -2.12. The molecule has 1 nitrogen and oxygen atoms in total. The van der Waals surface area contributed by atoms with Gasteiger partial charge in [0.05, 0.1) is 14.1 Å². The average molecular weight is 178 g/mol. The van der Waals surface area contributed by atoms with Crippen molar-refractivity contribution in [2.45, 2.75) is 26.7 Å². The van der Waals surface area contributed by atoms with E-state index in [0.717, 1.165) is 12.8 Å². The van der Waals surface area contributed by atoms with Crippen molar-refractivity contribution < 1.29 is 4.90 Å². The van der Waals surface area contributed by atoms with Crippen molar-refractivity contribution in [2.24, 2.45) is 0 Å². The third-order valence-electron chi connectivity index (χ3n) is 2.50. The first-order valence-corrected chi connectivity index (χ1v) is 5.11. The summed E-state index contributed by atoms with van der Waals surface area (Å²) in [7, 11) is 4.36. The molecule has 0 atom stereocenters. The van der Waals surface area contributed by atoms with Gasteiger partial charge in [0.2, 0.25) is 0 Å². The van der Waals surface area contributed by atoms with E-state index < -0.39 is 0 Å². The lowest BCUT2D eigenvalue weighted by molar-refractivity contribution is -0.786. The van der Waals surface area contributed by atoms with Gasteiger partial charge in [0.1, 0.15) is 5.69 Å². The molecule has 13 heavy (non-hydrogen) atoms. The lowest BCUT2D eigenvalue weighted by Crippen LogP contribution is -3.00. The van der Waals surface area contributed by atoms with Gasteiger partial charge in [0.25, 0.3) is 0 Å². The maximum Gasteiger partial charge on any atom is 0.133 e. The van der Waals surface area contributed by atoms with Crippen LogP contribution in [0.5, 0.6) is 0 Å². The number of aryl methyl sites for hydroxylation is 2. The van der Waals surface area contributed by atoms with Crippen LogP contribution in [0.4, 0.5) is 5.69 Å². The summed E-state index contributed by atoms with van der Waals surface area (Å²) in [5, 5.41) is 0. The molecule has 0 spiro atoms. The van der Waals surface area contributed by atoms with E-state index in [1.807, 2.05) is 0 Å². The molecule has 0 unspecified atom stereocenters. The van der Waals surface area contributed by atoms with Crippen LogP contribution in [0.3, 0.4) is 0 Å². The predicted molar refractivity (Wildman–Crippen MR) is 57.7 cm³/mol. The van der Waals surface area contributed by atoms with Crippen molar-refractivity contribution >= 4 is 5.69 Å². The number of quaternary nitrogens is 1. The first kappa shape index (κ1) is 10.3. The van der Waals surface area contributed by atoms with E-state index in [1.165, 1.54) is 21.7 Å². The molecule has 0 aromatic heterocycles. The Balaban J connectivity index is 3.08. The Hall–Kier alpha value is -0.820. The fourth-order valence-corrected chi connectivity index (χ4v) is 1.65. The van der Waals surface area contributed by atoms with Crippen molar-refractivity contribution in [3.63, 3.8) is 0 Å². The molecule has 0 radical (unpaired) electrons. The predicted octanol–water partition coefficient (Wildman–Crippen LogP) is 1.59. The Kier molecular flexibility index (Phi) is 3.49. The van der Waals surface area contributed by atoms with Crippen LogP contribution in [0.25, 0.3) is 0 Å². The van der Waals surface area contributed by atoms with Gasteiger partial charge in [0, 0.05) is 5.56 Å². The molecular formula is C12H20N+. The zero-order chi connectivity index (χ0) is 9.84. The molecule has 1 heteroatoms. The Morgan fingerprint density at radius 1 is 1.08 bits per heavy atom. The standard InChI is InChI=1S/C12H19N/c1-5-10-7-8-12(13(3)4)11(6-2)9-10/h7-9H,5-6H2,1-4H3/p+1. The number of hydrogen-bond acceptors (Lipinski definition) is 0. The number of nitrogens with one attached hydrogen (secondary N) is 1. The molecule has 1 rings (SSSR count). The summed E-state index contributed by atoms with van der Waals surface area (Å²) >= 11 is 0. The molecule has 0 saturated heterocycles. The fourth-order valence-electron chi connectivity index (χ4n) is 1.65. The normalized spacial score (nSPS) is 10.8. The van der Waals surface area contributed by atoms with Gasteiger partial charge < -0.3 is 4.90 Å². The molecule has 0 aliphatic heterocycles. The minimum absolute atomic E-state index is 1.13. The monoisotopic (exact) mass is 178 g/mol. The van der Waals surface area contributed by atoms with Crippen LogP contribution in [0.1, 0.15) is 25.0 Å². The molecule has 0 aliphatic rings. The van der Waals surface area contributed by atoms with Gasteiger partial charge in [-0.15, -0.1) is 0 Å². The first-order chi connectivity index (χ1) is 6.19. The van der Waals surface area contributed by atoms with E-state index in [-0.39, 0.29) is 0 Å². The number of hydrogen-bond donors (Lipinski definition) is 1. The van der Waals surface area contributed by atoms with Crippen molar-refractivity contribution in [1.82, 2.24) is 0 Å². The van der Waals surface area contributed by atoms with Crippen molar-refractivity contribution in [3.8, 4) is 0 Å². The zero-order valence-electron chi connectivity index (χ0n) is 9.15.